The number of hydrogen-bond acceptors (Lipinski definition) is 3. The Balaban J connectivity index is 2.46. The van der Waals surface area contributed by atoms with Crippen molar-refractivity contribution in [2.24, 2.45) is 0 Å². The molecule has 0 fully saturated rings. The topological polar surface area (TPSA) is 55.6 Å². The molecule has 5 heteroatoms. The van der Waals surface area contributed by atoms with E-state index in [1.165, 1.54) is 23.1 Å². The number of nitrogen functional groups attached to an aromatic ring is 1. The fraction of sp³-hybridized carbons (Fsp3) is 0.364. The van der Waals surface area contributed by atoms with Crippen molar-refractivity contribution in [2.75, 3.05) is 26.4 Å². The number of benzene rings is 1. The largest absolute Gasteiger partial charge is 0.491 e. The minimum atomic E-state index is -0.408. The van der Waals surface area contributed by atoms with Crippen LogP contribution in [0.1, 0.15) is 6.42 Å². The predicted octanol–water partition coefficient (Wildman–Crippen LogP) is 1.26. The lowest BCUT2D eigenvalue weighted by Crippen LogP contribution is -2.23. The van der Waals surface area contributed by atoms with Gasteiger partial charge in [-0.2, -0.15) is 0 Å². The van der Waals surface area contributed by atoms with E-state index in [1.807, 2.05) is 0 Å². The van der Waals surface area contributed by atoms with Crippen molar-refractivity contribution < 1.29 is 13.9 Å². The Morgan fingerprint density at radius 3 is 2.75 bits per heavy atom. The van der Waals surface area contributed by atoms with Gasteiger partial charge in [0.25, 0.3) is 0 Å². The van der Waals surface area contributed by atoms with Crippen LogP contribution in [0.15, 0.2) is 18.2 Å². The van der Waals surface area contributed by atoms with E-state index >= 15 is 0 Å². The van der Waals surface area contributed by atoms with Gasteiger partial charge in [0.1, 0.15) is 11.6 Å². The van der Waals surface area contributed by atoms with Gasteiger partial charge in [0.2, 0.25) is 5.91 Å². The molecule has 4 nitrogen and oxygen atoms in total. The minimum absolute atomic E-state index is 0.0271. The zero-order chi connectivity index (χ0) is 12.1. The second-order valence-corrected chi connectivity index (χ2v) is 3.57. The van der Waals surface area contributed by atoms with Gasteiger partial charge < -0.3 is 15.4 Å². The molecular formula is C11H15FN2O2. The lowest BCUT2D eigenvalue weighted by Gasteiger charge is -2.11. The van der Waals surface area contributed by atoms with Crippen LogP contribution in [-0.4, -0.2) is 31.5 Å². The summed E-state index contributed by atoms with van der Waals surface area (Å²) in [5, 5.41) is 0. The maximum atomic E-state index is 12.7. The predicted molar refractivity (Wildman–Crippen MR) is 59.6 cm³/mol. The number of carbonyl (C=O) groups is 1. The van der Waals surface area contributed by atoms with Crippen LogP contribution in [0.5, 0.6) is 5.75 Å². The van der Waals surface area contributed by atoms with E-state index in [4.69, 9.17) is 10.5 Å². The van der Waals surface area contributed by atoms with Crippen LogP contribution in [0.25, 0.3) is 0 Å². The molecule has 0 aliphatic rings. The van der Waals surface area contributed by atoms with Crippen molar-refractivity contribution in [3.63, 3.8) is 0 Å². The number of carbonyl (C=O) groups excluding carboxylic acids is 1. The Morgan fingerprint density at radius 2 is 2.19 bits per heavy atom. The highest BCUT2D eigenvalue weighted by Crippen LogP contribution is 2.21. The number of nitrogens with zero attached hydrogens (tertiary/aromatic N) is 1. The first-order valence-corrected chi connectivity index (χ1v) is 4.88. The monoisotopic (exact) mass is 226 g/mol. The maximum absolute atomic E-state index is 12.7. The number of amides is 1. The number of hydrogen-bond donors (Lipinski definition) is 1. The molecule has 0 unspecified atom stereocenters. The highest BCUT2D eigenvalue weighted by Gasteiger charge is 2.06. The first-order valence-electron chi connectivity index (χ1n) is 4.88. The molecule has 0 aliphatic heterocycles. The van der Waals surface area contributed by atoms with E-state index in [0.717, 1.165) is 0 Å². The summed E-state index contributed by atoms with van der Waals surface area (Å²) in [6, 6.07) is 3.90. The molecule has 0 saturated carbocycles. The Bertz CT molecular complexity index is 380. The Kier molecular flexibility index (Phi) is 4.10. The molecule has 2 N–H and O–H groups in total. The summed E-state index contributed by atoms with van der Waals surface area (Å²) in [4.78, 5) is 12.7. The number of halogens is 1. The van der Waals surface area contributed by atoms with Crippen LogP contribution in [0.3, 0.4) is 0 Å². The van der Waals surface area contributed by atoms with Crippen LogP contribution in [0.4, 0.5) is 10.1 Å². The molecule has 1 rings (SSSR count). The van der Waals surface area contributed by atoms with Gasteiger partial charge in [0, 0.05) is 20.2 Å². The third kappa shape index (κ3) is 3.42. The lowest BCUT2D eigenvalue weighted by atomic mass is 10.3. The van der Waals surface area contributed by atoms with Crippen molar-refractivity contribution in [2.45, 2.75) is 6.42 Å². The van der Waals surface area contributed by atoms with Gasteiger partial charge in [-0.25, -0.2) is 4.39 Å². The molecule has 1 amide bonds. The highest BCUT2D eigenvalue weighted by atomic mass is 19.1. The standard InChI is InChI=1S/C11H15FN2O2/c1-14(2)11(15)5-6-16-10-4-3-8(12)7-9(10)13/h3-4,7H,5-6,13H2,1-2H3. The summed E-state index contributed by atoms with van der Waals surface area (Å²) in [7, 11) is 3.35. The second-order valence-electron chi connectivity index (χ2n) is 3.57. The van der Waals surface area contributed by atoms with Gasteiger partial charge in [-0.05, 0) is 12.1 Å². The maximum Gasteiger partial charge on any atom is 0.225 e. The summed E-state index contributed by atoms with van der Waals surface area (Å²) in [6.45, 7) is 0.229. The summed E-state index contributed by atoms with van der Waals surface area (Å²) in [5.74, 6) is -0.0390. The second kappa shape index (κ2) is 5.34. The zero-order valence-electron chi connectivity index (χ0n) is 9.37. The van der Waals surface area contributed by atoms with Crippen LogP contribution in [-0.2, 0) is 4.79 Å². The fourth-order valence-corrected chi connectivity index (χ4v) is 1.12. The smallest absolute Gasteiger partial charge is 0.225 e. The van der Waals surface area contributed by atoms with Gasteiger partial charge in [0.05, 0.1) is 18.7 Å². The molecule has 1 aromatic carbocycles. The van der Waals surface area contributed by atoms with Crippen molar-refractivity contribution in [3.05, 3.63) is 24.0 Å². The molecule has 0 bridgehead atoms. The molecule has 0 aliphatic carbocycles. The van der Waals surface area contributed by atoms with Crippen LogP contribution in [0, 0.1) is 5.82 Å². The van der Waals surface area contributed by atoms with E-state index in [9.17, 15) is 9.18 Å². The first-order chi connectivity index (χ1) is 7.50. The molecule has 1 aromatic rings. The lowest BCUT2D eigenvalue weighted by molar-refractivity contribution is -0.129. The van der Waals surface area contributed by atoms with Gasteiger partial charge in [0.15, 0.2) is 0 Å². The molecule has 0 aromatic heterocycles. The molecule has 0 atom stereocenters. The molecule has 88 valence electrons. The summed E-state index contributed by atoms with van der Waals surface area (Å²) in [6.07, 6.45) is 0.268. The van der Waals surface area contributed by atoms with Gasteiger partial charge in [-0.15, -0.1) is 0 Å². The zero-order valence-corrected chi connectivity index (χ0v) is 9.37. The quantitative estimate of drug-likeness (QED) is 0.786. The SMILES string of the molecule is CN(C)C(=O)CCOc1ccc(F)cc1N. The Hall–Kier alpha value is -1.78. The van der Waals surface area contributed by atoms with Crippen molar-refractivity contribution in [1.82, 2.24) is 4.90 Å². The highest BCUT2D eigenvalue weighted by molar-refractivity contribution is 5.75. The Morgan fingerprint density at radius 1 is 1.50 bits per heavy atom. The summed E-state index contributed by atoms with van der Waals surface area (Å²) in [5.41, 5.74) is 5.77. The van der Waals surface area contributed by atoms with Crippen LogP contribution < -0.4 is 10.5 Å². The van der Waals surface area contributed by atoms with Crippen molar-refractivity contribution in [3.8, 4) is 5.75 Å². The minimum Gasteiger partial charge on any atom is -0.491 e. The fourth-order valence-electron chi connectivity index (χ4n) is 1.12. The van der Waals surface area contributed by atoms with Gasteiger partial charge in [-0.3, -0.25) is 4.79 Å². The third-order valence-electron chi connectivity index (χ3n) is 2.04. The molecular weight excluding hydrogens is 211 g/mol. The number of rotatable bonds is 4. The van der Waals surface area contributed by atoms with E-state index < -0.39 is 5.82 Å². The Labute approximate surface area is 93.8 Å². The van der Waals surface area contributed by atoms with Gasteiger partial charge in [-0.1, -0.05) is 0 Å². The number of anilines is 1. The molecule has 0 radical (unpaired) electrons. The average Bonchev–Trinajstić information content (AvgIpc) is 2.20. The van der Waals surface area contributed by atoms with Crippen molar-refractivity contribution >= 4 is 11.6 Å². The number of ether oxygens (including phenoxy) is 1. The molecule has 16 heavy (non-hydrogen) atoms. The third-order valence-corrected chi connectivity index (χ3v) is 2.04. The average molecular weight is 226 g/mol. The van der Waals surface area contributed by atoms with Gasteiger partial charge >= 0.3 is 0 Å². The summed E-state index contributed by atoms with van der Waals surface area (Å²) < 4.78 is 18.0. The van der Waals surface area contributed by atoms with Crippen molar-refractivity contribution in [1.29, 1.82) is 0 Å². The molecule has 0 spiro atoms. The van der Waals surface area contributed by atoms with Crippen LogP contribution in [0.2, 0.25) is 0 Å². The summed E-state index contributed by atoms with van der Waals surface area (Å²) >= 11 is 0. The molecule has 0 heterocycles. The van der Waals surface area contributed by atoms with Crippen LogP contribution >= 0.6 is 0 Å². The van der Waals surface area contributed by atoms with E-state index in [2.05, 4.69) is 0 Å². The normalized spacial score (nSPS) is 9.94. The first kappa shape index (κ1) is 12.3. The van der Waals surface area contributed by atoms with E-state index in [0.29, 0.717) is 5.75 Å². The number of nitrogens with two attached hydrogens (primary N) is 1. The van der Waals surface area contributed by atoms with E-state index in [-0.39, 0.29) is 24.6 Å². The molecule has 0 saturated heterocycles. The van der Waals surface area contributed by atoms with E-state index in [1.54, 1.807) is 14.1 Å².